The lowest BCUT2D eigenvalue weighted by atomic mass is 10.1. The van der Waals surface area contributed by atoms with Gasteiger partial charge in [0.05, 0.1) is 43.0 Å². The molecule has 7 heteroatoms. The van der Waals surface area contributed by atoms with Crippen molar-refractivity contribution in [2.75, 3.05) is 20.3 Å². The van der Waals surface area contributed by atoms with Gasteiger partial charge in [-0.3, -0.25) is 9.78 Å². The van der Waals surface area contributed by atoms with Crippen LogP contribution in [0.3, 0.4) is 0 Å². The summed E-state index contributed by atoms with van der Waals surface area (Å²) >= 11 is 0. The molecule has 1 aliphatic heterocycles. The number of hydrogen-bond donors (Lipinski definition) is 1. The summed E-state index contributed by atoms with van der Waals surface area (Å²) < 4.78 is 0. The summed E-state index contributed by atoms with van der Waals surface area (Å²) in [6.45, 7) is 2.19. The van der Waals surface area contributed by atoms with Crippen molar-refractivity contribution in [2.45, 2.75) is 19.4 Å². The third kappa shape index (κ3) is 3.51. The maximum atomic E-state index is 12.7. The summed E-state index contributed by atoms with van der Waals surface area (Å²) in [6, 6.07) is 7.56. The quantitative estimate of drug-likeness (QED) is 0.855. The number of rotatable bonds is 4. The molecule has 0 bridgehead atoms. The molecule has 1 aromatic heterocycles. The van der Waals surface area contributed by atoms with Crippen molar-refractivity contribution in [1.29, 1.82) is 0 Å². The summed E-state index contributed by atoms with van der Waals surface area (Å²) in [6.07, 6.45) is 3.57. The minimum absolute atomic E-state index is 0.136. The predicted molar refractivity (Wildman–Crippen MR) is 93.2 cm³/mol. The minimum Gasteiger partial charge on any atom is -0.399 e. The summed E-state index contributed by atoms with van der Waals surface area (Å²) in [7, 11) is 1.46. The van der Waals surface area contributed by atoms with Gasteiger partial charge in [0.15, 0.2) is 0 Å². The number of carbonyl (C=O) groups excluding carboxylic acids is 1. The zero-order valence-corrected chi connectivity index (χ0v) is 14.2. The van der Waals surface area contributed by atoms with E-state index >= 15 is 0 Å². The topological polar surface area (TPSA) is 87.9 Å². The van der Waals surface area contributed by atoms with E-state index in [2.05, 4.69) is 15.1 Å². The highest BCUT2D eigenvalue weighted by Gasteiger charge is 2.34. The lowest BCUT2D eigenvalue weighted by Crippen LogP contribution is -2.38. The monoisotopic (exact) mass is 340 g/mol. The molecule has 0 radical (unpaired) electrons. The van der Waals surface area contributed by atoms with Crippen LogP contribution in [0.1, 0.15) is 22.5 Å². The Morgan fingerprint density at radius 1 is 1.36 bits per heavy atom. The number of oxime groups is 1. The van der Waals surface area contributed by atoms with E-state index in [4.69, 9.17) is 4.84 Å². The standard InChI is InChI=1S/C18H20N4O3/c1-12-5-3-4-6-15(12)16-8-20-17(9-19-16)18(24)22-10-13(21-25-2)7-14(22)11-23/h3-6,8-9,14,23H,7,10-11H2,1-2H3/b21-13-. The van der Waals surface area contributed by atoms with Gasteiger partial charge < -0.3 is 14.8 Å². The van der Waals surface area contributed by atoms with Crippen LogP contribution in [0.5, 0.6) is 0 Å². The fourth-order valence-electron chi connectivity index (χ4n) is 2.95. The average Bonchev–Trinajstić information content (AvgIpc) is 3.05. The van der Waals surface area contributed by atoms with E-state index in [0.29, 0.717) is 13.0 Å². The van der Waals surface area contributed by atoms with Crippen LogP contribution in [0.4, 0.5) is 0 Å². The second-order valence-corrected chi connectivity index (χ2v) is 5.92. The molecule has 25 heavy (non-hydrogen) atoms. The minimum atomic E-state index is -0.320. The van der Waals surface area contributed by atoms with Crippen molar-refractivity contribution in [2.24, 2.45) is 5.16 Å². The van der Waals surface area contributed by atoms with Gasteiger partial charge in [0, 0.05) is 12.0 Å². The van der Waals surface area contributed by atoms with Crippen molar-refractivity contribution < 1.29 is 14.7 Å². The Balaban J connectivity index is 1.81. The van der Waals surface area contributed by atoms with Crippen LogP contribution in [0.2, 0.25) is 0 Å². The maximum absolute atomic E-state index is 12.7. The fourth-order valence-corrected chi connectivity index (χ4v) is 2.95. The molecule has 2 aromatic rings. The lowest BCUT2D eigenvalue weighted by molar-refractivity contribution is 0.0674. The number of amides is 1. The Labute approximate surface area is 146 Å². The molecule has 1 atom stereocenters. The molecule has 0 aliphatic carbocycles. The van der Waals surface area contributed by atoms with Gasteiger partial charge in [-0.2, -0.15) is 0 Å². The van der Waals surface area contributed by atoms with Crippen molar-refractivity contribution >= 4 is 11.6 Å². The van der Waals surface area contributed by atoms with Crippen molar-refractivity contribution in [3.05, 3.63) is 47.9 Å². The molecule has 1 saturated heterocycles. The predicted octanol–water partition coefficient (Wildman–Crippen LogP) is 1.66. The Morgan fingerprint density at radius 2 is 2.16 bits per heavy atom. The molecular formula is C18H20N4O3. The summed E-state index contributed by atoms with van der Waals surface area (Å²) in [5, 5.41) is 13.4. The first kappa shape index (κ1) is 17.0. The summed E-state index contributed by atoms with van der Waals surface area (Å²) in [5.74, 6) is -0.274. The smallest absolute Gasteiger partial charge is 0.274 e. The molecule has 1 unspecified atom stereocenters. The van der Waals surface area contributed by atoms with Crippen LogP contribution in [-0.4, -0.2) is 57.9 Å². The number of aryl methyl sites for hydroxylation is 1. The number of carbonyl (C=O) groups is 1. The second kappa shape index (κ2) is 7.40. The zero-order chi connectivity index (χ0) is 17.8. The number of likely N-dealkylation sites (tertiary alicyclic amines) is 1. The number of hydrogen-bond acceptors (Lipinski definition) is 6. The molecule has 1 aliphatic rings. The SMILES string of the molecule is CO/N=C1/CC(CO)N(C(=O)c2cnc(-c3ccccc3C)cn2)C1. The highest BCUT2D eigenvalue weighted by molar-refractivity contribution is 5.99. The summed E-state index contributed by atoms with van der Waals surface area (Å²) in [4.78, 5) is 27.7. The first-order valence-electron chi connectivity index (χ1n) is 8.02. The molecule has 3 rings (SSSR count). The van der Waals surface area contributed by atoms with Gasteiger partial charge in [-0.05, 0) is 12.5 Å². The zero-order valence-electron chi connectivity index (χ0n) is 14.2. The van der Waals surface area contributed by atoms with Crippen molar-refractivity contribution in [1.82, 2.24) is 14.9 Å². The number of aromatic nitrogens is 2. The molecule has 0 spiro atoms. The van der Waals surface area contributed by atoms with Gasteiger partial charge in [0.1, 0.15) is 12.8 Å². The van der Waals surface area contributed by atoms with E-state index in [9.17, 15) is 9.90 Å². The average molecular weight is 340 g/mol. The normalized spacial score (nSPS) is 18.6. The van der Waals surface area contributed by atoms with Gasteiger partial charge in [-0.25, -0.2) is 4.98 Å². The van der Waals surface area contributed by atoms with E-state index in [0.717, 1.165) is 22.5 Å². The van der Waals surface area contributed by atoms with E-state index < -0.39 is 0 Å². The highest BCUT2D eigenvalue weighted by Crippen LogP contribution is 2.21. The number of nitrogens with zero attached hydrogens (tertiary/aromatic N) is 4. The first-order chi connectivity index (χ1) is 12.1. The van der Waals surface area contributed by atoms with Gasteiger partial charge in [0.2, 0.25) is 0 Å². The van der Waals surface area contributed by atoms with Gasteiger partial charge in [-0.15, -0.1) is 0 Å². The number of benzene rings is 1. The van der Waals surface area contributed by atoms with Crippen LogP contribution in [0, 0.1) is 6.92 Å². The Morgan fingerprint density at radius 3 is 2.80 bits per heavy atom. The molecule has 1 aromatic carbocycles. The Kier molecular flexibility index (Phi) is 5.04. The summed E-state index contributed by atoms with van der Waals surface area (Å²) in [5.41, 5.74) is 3.76. The van der Waals surface area contributed by atoms with Gasteiger partial charge >= 0.3 is 0 Å². The number of aliphatic hydroxyl groups is 1. The maximum Gasteiger partial charge on any atom is 0.274 e. The first-order valence-corrected chi connectivity index (χ1v) is 8.02. The molecular weight excluding hydrogens is 320 g/mol. The van der Waals surface area contributed by atoms with Crippen LogP contribution >= 0.6 is 0 Å². The Hall–Kier alpha value is -2.80. The highest BCUT2D eigenvalue weighted by atomic mass is 16.6. The Bertz CT molecular complexity index is 789. The van der Waals surface area contributed by atoms with E-state index in [1.807, 2.05) is 31.2 Å². The molecule has 1 fully saturated rings. The van der Waals surface area contributed by atoms with Gasteiger partial charge in [0.25, 0.3) is 5.91 Å². The molecule has 130 valence electrons. The van der Waals surface area contributed by atoms with Gasteiger partial charge in [-0.1, -0.05) is 29.4 Å². The second-order valence-electron chi connectivity index (χ2n) is 5.92. The van der Waals surface area contributed by atoms with E-state index in [1.165, 1.54) is 13.3 Å². The van der Waals surface area contributed by atoms with Crippen molar-refractivity contribution in [3.63, 3.8) is 0 Å². The van der Waals surface area contributed by atoms with Crippen molar-refractivity contribution in [3.8, 4) is 11.3 Å². The number of aliphatic hydroxyl groups excluding tert-OH is 1. The van der Waals surface area contributed by atoms with E-state index in [-0.39, 0.29) is 24.2 Å². The molecule has 1 amide bonds. The third-order valence-electron chi connectivity index (χ3n) is 4.25. The van der Waals surface area contributed by atoms with E-state index in [1.54, 1.807) is 11.1 Å². The molecule has 0 saturated carbocycles. The van der Waals surface area contributed by atoms with Crippen LogP contribution in [0.15, 0.2) is 41.8 Å². The fraction of sp³-hybridized carbons (Fsp3) is 0.333. The third-order valence-corrected chi connectivity index (χ3v) is 4.25. The molecule has 2 heterocycles. The van der Waals surface area contributed by atoms with Crippen LogP contribution in [-0.2, 0) is 4.84 Å². The largest absolute Gasteiger partial charge is 0.399 e. The lowest BCUT2D eigenvalue weighted by Gasteiger charge is -2.21. The van der Waals surface area contributed by atoms with Crippen LogP contribution in [0.25, 0.3) is 11.3 Å². The molecule has 7 nitrogen and oxygen atoms in total. The molecule has 1 N–H and O–H groups in total. The van der Waals surface area contributed by atoms with Crippen LogP contribution < -0.4 is 0 Å².